The number of aliphatic imine (C=N–C) groups is 2. The van der Waals surface area contributed by atoms with E-state index in [1.807, 2.05) is 24.0 Å². The van der Waals surface area contributed by atoms with Gasteiger partial charge in [0.1, 0.15) is 6.04 Å². The highest BCUT2D eigenvalue weighted by Gasteiger charge is 2.59. The van der Waals surface area contributed by atoms with Gasteiger partial charge in [0.2, 0.25) is 11.8 Å². The summed E-state index contributed by atoms with van der Waals surface area (Å²) < 4.78 is 25.7. The van der Waals surface area contributed by atoms with Crippen LogP contribution in [0.5, 0.6) is 0 Å². The Labute approximate surface area is 208 Å². The zero-order valence-electron chi connectivity index (χ0n) is 21.3. The maximum absolute atomic E-state index is 13.6. The largest absolute Gasteiger partial charge is 0.483 e. The van der Waals surface area contributed by atoms with Crippen molar-refractivity contribution in [2.75, 3.05) is 20.8 Å². The van der Waals surface area contributed by atoms with Gasteiger partial charge in [-0.1, -0.05) is 63.3 Å². The molecule has 0 aromatic rings. The first-order valence-electron chi connectivity index (χ1n) is 11.2. The molecule has 0 fully saturated rings. The van der Waals surface area contributed by atoms with Crippen LogP contribution in [0.15, 0.2) is 20.1 Å². The fourth-order valence-electron chi connectivity index (χ4n) is 3.29. The second kappa shape index (κ2) is 12.0. The normalized spacial score (nSPS) is 23.1. The Morgan fingerprint density at radius 1 is 1.25 bits per heavy atom. The van der Waals surface area contributed by atoms with E-state index in [2.05, 4.69) is 56.5 Å². The molecule has 0 spiro atoms. The number of rotatable bonds is 9. The fourth-order valence-corrected chi connectivity index (χ4v) is 5.00. The van der Waals surface area contributed by atoms with Crippen LogP contribution in [0, 0.1) is 5.92 Å². The highest BCUT2D eigenvalue weighted by molar-refractivity contribution is 14.1. The van der Waals surface area contributed by atoms with Crippen LogP contribution in [0.2, 0.25) is 18.1 Å². The van der Waals surface area contributed by atoms with E-state index < -0.39 is 25.9 Å². The number of carbonyl (C=O) groups excluding carboxylic acids is 1. The molecule has 0 bridgehead atoms. The van der Waals surface area contributed by atoms with Crippen molar-refractivity contribution in [2.24, 2.45) is 15.9 Å². The van der Waals surface area contributed by atoms with E-state index in [9.17, 15) is 4.79 Å². The van der Waals surface area contributed by atoms with Crippen molar-refractivity contribution in [3.8, 4) is 0 Å². The molecule has 32 heavy (non-hydrogen) atoms. The van der Waals surface area contributed by atoms with E-state index in [0.29, 0.717) is 18.7 Å². The van der Waals surface area contributed by atoms with Crippen molar-refractivity contribution in [1.29, 1.82) is 0 Å². The zero-order chi connectivity index (χ0) is 24.7. The average Bonchev–Trinajstić information content (AvgIpc) is 2.71. The van der Waals surface area contributed by atoms with Gasteiger partial charge in [-0.05, 0) is 47.9 Å². The molecule has 0 N–H and O–H groups in total. The second-order valence-corrected chi connectivity index (χ2v) is 15.2. The van der Waals surface area contributed by atoms with E-state index in [1.54, 1.807) is 14.0 Å². The predicted octanol–water partition coefficient (Wildman–Crippen LogP) is 5.54. The van der Waals surface area contributed by atoms with Gasteiger partial charge >= 0.3 is 5.97 Å². The van der Waals surface area contributed by atoms with Crippen LogP contribution in [-0.4, -0.2) is 64.6 Å². The highest BCUT2D eigenvalue weighted by atomic mass is 127. The minimum atomic E-state index is -2.30. The summed E-state index contributed by atoms with van der Waals surface area (Å²) in [5, 5.41) is -0.0620. The SMILES string of the molecule is CCOC(=O)[C@@]1([C@H](CC/C=C/I)O[Si](C)(C)C(C)(C)C)N=C(OC)[C@@H](C(C)C)N=C1OC. The molecule has 1 aliphatic heterocycles. The fraction of sp³-hybridized carbons (Fsp3) is 0.783. The lowest BCUT2D eigenvalue weighted by molar-refractivity contribution is -0.151. The number of carbonyl (C=O) groups is 1. The van der Waals surface area contributed by atoms with Crippen molar-refractivity contribution in [2.45, 2.75) is 90.2 Å². The topological polar surface area (TPSA) is 78.7 Å². The highest BCUT2D eigenvalue weighted by Crippen LogP contribution is 2.41. The monoisotopic (exact) mass is 580 g/mol. The lowest BCUT2D eigenvalue weighted by atomic mass is 9.87. The van der Waals surface area contributed by atoms with Crippen molar-refractivity contribution >= 4 is 48.7 Å². The smallest absolute Gasteiger partial charge is 0.346 e. The molecule has 1 heterocycles. The maximum atomic E-state index is 13.6. The molecular weight excluding hydrogens is 539 g/mol. The minimum Gasteiger partial charge on any atom is -0.483 e. The Kier molecular flexibility index (Phi) is 10.9. The minimum absolute atomic E-state index is 0.0620. The number of allylic oxidation sites excluding steroid dienone is 1. The lowest BCUT2D eigenvalue weighted by Crippen LogP contribution is -2.62. The molecule has 7 nitrogen and oxygen atoms in total. The van der Waals surface area contributed by atoms with Crippen molar-refractivity contribution in [3.05, 3.63) is 10.2 Å². The van der Waals surface area contributed by atoms with E-state index in [-0.39, 0.29) is 29.5 Å². The number of ether oxygens (including phenoxy) is 3. The number of nitrogens with zero attached hydrogens (tertiary/aromatic N) is 2. The van der Waals surface area contributed by atoms with Gasteiger partial charge in [-0.3, -0.25) is 0 Å². The molecule has 0 amide bonds. The van der Waals surface area contributed by atoms with Crippen LogP contribution in [-0.2, 0) is 23.4 Å². The zero-order valence-corrected chi connectivity index (χ0v) is 24.5. The summed E-state index contributed by atoms with van der Waals surface area (Å²) >= 11 is 2.19. The molecule has 1 rings (SSSR count). The molecule has 0 unspecified atom stereocenters. The third-order valence-electron chi connectivity index (χ3n) is 6.14. The summed E-state index contributed by atoms with van der Waals surface area (Å²) in [5.41, 5.74) is -1.56. The van der Waals surface area contributed by atoms with Gasteiger partial charge in [-0.15, -0.1) is 0 Å². The number of halogens is 1. The number of hydrogen-bond donors (Lipinski definition) is 0. The van der Waals surface area contributed by atoms with Crippen LogP contribution < -0.4 is 0 Å². The van der Waals surface area contributed by atoms with E-state index >= 15 is 0 Å². The molecule has 0 aliphatic carbocycles. The summed E-state index contributed by atoms with van der Waals surface area (Å²) in [4.78, 5) is 23.3. The third kappa shape index (κ3) is 6.34. The summed E-state index contributed by atoms with van der Waals surface area (Å²) in [5.74, 6) is 0.194. The van der Waals surface area contributed by atoms with Crippen LogP contribution in [0.1, 0.15) is 54.4 Å². The first-order valence-corrected chi connectivity index (χ1v) is 15.3. The molecule has 9 heteroatoms. The Morgan fingerprint density at radius 2 is 1.88 bits per heavy atom. The van der Waals surface area contributed by atoms with Gasteiger partial charge in [0.15, 0.2) is 8.32 Å². The number of esters is 1. The van der Waals surface area contributed by atoms with Crippen molar-refractivity contribution < 1.29 is 23.4 Å². The Balaban J connectivity index is 3.79. The summed E-state index contributed by atoms with van der Waals surface area (Å²) in [6.07, 6.45) is 2.70. The predicted molar refractivity (Wildman–Crippen MR) is 141 cm³/mol. The van der Waals surface area contributed by atoms with Crippen LogP contribution in [0.3, 0.4) is 0 Å². The van der Waals surface area contributed by atoms with Crippen LogP contribution in [0.4, 0.5) is 0 Å². The number of methoxy groups -OCH3 is 2. The van der Waals surface area contributed by atoms with Crippen molar-refractivity contribution in [1.82, 2.24) is 0 Å². The average molecular weight is 581 g/mol. The Morgan fingerprint density at radius 3 is 2.31 bits per heavy atom. The van der Waals surface area contributed by atoms with Gasteiger partial charge in [0.05, 0.1) is 26.9 Å². The molecule has 0 radical (unpaired) electrons. The summed E-state index contributed by atoms with van der Waals surface area (Å²) in [7, 11) is 0.779. The first-order chi connectivity index (χ1) is 14.8. The van der Waals surface area contributed by atoms with Crippen LogP contribution >= 0.6 is 22.6 Å². The van der Waals surface area contributed by atoms with E-state index in [1.165, 1.54) is 7.11 Å². The van der Waals surface area contributed by atoms with Gasteiger partial charge in [-0.25, -0.2) is 14.8 Å². The molecule has 0 saturated heterocycles. The molecule has 0 aromatic heterocycles. The van der Waals surface area contributed by atoms with Crippen LogP contribution in [0.25, 0.3) is 0 Å². The Bertz CT molecular complexity index is 730. The van der Waals surface area contributed by atoms with E-state index in [0.717, 1.165) is 0 Å². The molecule has 184 valence electrons. The second-order valence-electron chi connectivity index (χ2n) is 9.77. The maximum Gasteiger partial charge on any atom is 0.346 e. The van der Waals surface area contributed by atoms with Gasteiger partial charge in [0.25, 0.3) is 5.54 Å². The Hall–Kier alpha value is -0.943. The lowest BCUT2D eigenvalue weighted by Gasteiger charge is -2.45. The van der Waals surface area contributed by atoms with E-state index in [4.69, 9.17) is 28.6 Å². The van der Waals surface area contributed by atoms with Gasteiger partial charge in [0, 0.05) is 0 Å². The molecule has 0 saturated carbocycles. The summed E-state index contributed by atoms with van der Waals surface area (Å²) in [6.45, 7) is 16.9. The quantitative estimate of drug-likeness (QED) is 0.204. The molecule has 0 aromatic carbocycles. The van der Waals surface area contributed by atoms with Gasteiger partial charge < -0.3 is 18.6 Å². The first kappa shape index (κ1) is 29.1. The molecular formula is C23H41IN2O5Si. The third-order valence-corrected chi connectivity index (χ3v) is 11.1. The van der Waals surface area contributed by atoms with Crippen molar-refractivity contribution in [3.63, 3.8) is 0 Å². The number of hydrogen-bond acceptors (Lipinski definition) is 7. The van der Waals surface area contributed by atoms with Gasteiger partial charge in [-0.2, -0.15) is 0 Å². The molecule has 3 atom stereocenters. The standard InChI is InChI=1S/C23H41IN2O5Si/c1-11-30-21(27)23(20(29-8)25-18(16(2)3)19(26-23)28-7)17(14-12-13-15-24)31-32(9,10)22(4,5)6/h13,15-18H,11-12,14H2,1-10H3/b15-13+/t17-,18+,23-/m0/s1. The molecule has 1 aliphatic rings. The summed E-state index contributed by atoms with van der Waals surface area (Å²) in [6, 6.07) is -0.347.